The van der Waals surface area contributed by atoms with Crippen molar-refractivity contribution in [3.8, 4) is 11.3 Å². The quantitative estimate of drug-likeness (QED) is 0.411. The molecule has 0 saturated carbocycles. The third-order valence-corrected chi connectivity index (χ3v) is 4.93. The Balaban J connectivity index is 1.82. The van der Waals surface area contributed by atoms with E-state index in [1.54, 1.807) is 0 Å². The normalized spacial score (nSPS) is 15.8. The minimum atomic E-state index is -0.454. The Bertz CT molecular complexity index is 1160. The number of carbonyl (C=O) groups excluding carboxylic acids is 1. The highest BCUT2D eigenvalue weighted by Crippen LogP contribution is 2.44. The zero-order valence-electron chi connectivity index (χ0n) is 13.9. The number of ether oxygens (including phenoxy) is 1. The molecule has 2 heterocycles. The third kappa shape index (κ3) is 2.05. The van der Waals surface area contributed by atoms with Crippen LogP contribution in [0.3, 0.4) is 0 Å². The standard InChI is InChI=1S/C22H16N2O2/c23-17-11-5-3-9-15(17)20-19(16-10-4-6-12-18(16)24-20)21-13-7-1-2-8-14(13)22(25)26-21/h1-12,21,24H,23H2. The Kier molecular flexibility index (Phi) is 3.12. The van der Waals surface area contributed by atoms with Crippen molar-refractivity contribution in [1.29, 1.82) is 0 Å². The van der Waals surface area contributed by atoms with Gasteiger partial charge in [-0.15, -0.1) is 0 Å². The number of hydrogen-bond donors (Lipinski definition) is 2. The van der Waals surface area contributed by atoms with Crippen molar-refractivity contribution in [2.24, 2.45) is 0 Å². The van der Waals surface area contributed by atoms with Gasteiger partial charge in [0.1, 0.15) is 0 Å². The van der Waals surface area contributed by atoms with E-state index in [-0.39, 0.29) is 5.97 Å². The Labute approximate surface area is 150 Å². The summed E-state index contributed by atoms with van der Waals surface area (Å²) < 4.78 is 5.79. The maximum absolute atomic E-state index is 12.4. The van der Waals surface area contributed by atoms with Crippen LogP contribution in [-0.4, -0.2) is 11.0 Å². The van der Waals surface area contributed by atoms with Gasteiger partial charge in [0.15, 0.2) is 6.10 Å². The lowest BCUT2D eigenvalue weighted by atomic mass is 9.94. The predicted molar refractivity (Wildman–Crippen MR) is 102 cm³/mol. The van der Waals surface area contributed by atoms with E-state index in [1.807, 2.05) is 72.8 Å². The average Bonchev–Trinajstić information content (AvgIpc) is 3.20. The van der Waals surface area contributed by atoms with Gasteiger partial charge in [-0.1, -0.05) is 54.6 Å². The van der Waals surface area contributed by atoms with Crippen molar-refractivity contribution in [3.05, 3.63) is 89.5 Å². The van der Waals surface area contributed by atoms with Crippen LogP contribution in [0.2, 0.25) is 0 Å². The third-order valence-electron chi connectivity index (χ3n) is 4.93. The summed E-state index contributed by atoms with van der Waals surface area (Å²) in [6.07, 6.45) is -0.454. The second-order valence-corrected chi connectivity index (χ2v) is 6.42. The van der Waals surface area contributed by atoms with E-state index in [0.29, 0.717) is 11.3 Å². The molecule has 3 aromatic carbocycles. The molecule has 0 saturated heterocycles. The number of para-hydroxylation sites is 2. The van der Waals surface area contributed by atoms with Crippen LogP contribution >= 0.6 is 0 Å². The number of nitrogens with two attached hydrogens (primary N) is 1. The number of nitrogens with one attached hydrogen (secondary N) is 1. The number of aromatic nitrogens is 1. The Hall–Kier alpha value is -3.53. The summed E-state index contributed by atoms with van der Waals surface area (Å²) in [4.78, 5) is 15.8. The Morgan fingerprint density at radius 1 is 0.846 bits per heavy atom. The molecule has 0 aliphatic carbocycles. The molecule has 1 unspecified atom stereocenters. The number of rotatable bonds is 2. The zero-order valence-corrected chi connectivity index (χ0v) is 13.9. The average molecular weight is 340 g/mol. The highest BCUT2D eigenvalue weighted by atomic mass is 16.5. The number of aromatic amines is 1. The largest absolute Gasteiger partial charge is 0.449 e. The van der Waals surface area contributed by atoms with Gasteiger partial charge in [0.25, 0.3) is 0 Å². The number of fused-ring (bicyclic) bond motifs is 2. The van der Waals surface area contributed by atoms with Crippen molar-refractivity contribution in [1.82, 2.24) is 4.98 Å². The lowest BCUT2D eigenvalue weighted by Gasteiger charge is -2.14. The lowest BCUT2D eigenvalue weighted by Crippen LogP contribution is -2.02. The molecule has 4 aromatic rings. The molecule has 0 spiro atoms. The summed E-state index contributed by atoms with van der Waals surface area (Å²) in [7, 11) is 0. The molecule has 4 nitrogen and oxygen atoms in total. The van der Waals surface area contributed by atoms with Gasteiger partial charge in [0.05, 0.1) is 11.3 Å². The number of carbonyl (C=O) groups is 1. The molecular formula is C22H16N2O2. The van der Waals surface area contributed by atoms with Crippen LogP contribution in [0.25, 0.3) is 22.2 Å². The van der Waals surface area contributed by atoms with Crippen LogP contribution in [0.15, 0.2) is 72.8 Å². The van der Waals surface area contributed by atoms with Crippen LogP contribution < -0.4 is 5.73 Å². The first-order valence-electron chi connectivity index (χ1n) is 8.49. The maximum Gasteiger partial charge on any atom is 0.339 e. The van der Waals surface area contributed by atoms with Gasteiger partial charge in [-0.25, -0.2) is 4.79 Å². The number of benzene rings is 3. The molecule has 4 heteroatoms. The Morgan fingerprint density at radius 3 is 2.38 bits per heavy atom. The molecule has 0 bridgehead atoms. The van der Waals surface area contributed by atoms with E-state index < -0.39 is 6.10 Å². The summed E-state index contributed by atoms with van der Waals surface area (Å²) in [6.45, 7) is 0. The van der Waals surface area contributed by atoms with Gasteiger partial charge in [-0.05, 0) is 18.2 Å². The number of H-pyrrole nitrogens is 1. The summed E-state index contributed by atoms with van der Waals surface area (Å²) in [5.74, 6) is -0.289. The van der Waals surface area contributed by atoms with Crippen molar-refractivity contribution in [2.45, 2.75) is 6.10 Å². The van der Waals surface area contributed by atoms with Gasteiger partial charge in [0.2, 0.25) is 0 Å². The van der Waals surface area contributed by atoms with Crippen LogP contribution in [0, 0.1) is 0 Å². The van der Waals surface area contributed by atoms with Crippen molar-refractivity contribution in [2.75, 3.05) is 5.73 Å². The molecule has 1 aliphatic rings. The first-order chi connectivity index (χ1) is 12.7. The smallest absolute Gasteiger partial charge is 0.339 e. The molecule has 3 N–H and O–H groups in total. The fourth-order valence-electron chi connectivity index (χ4n) is 3.73. The summed E-state index contributed by atoms with van der Waals surface area (Å²) in [5, 5.41) is 1.03. The molecule has 0 fully saturated rings. The molecule has 0 amide bonds. The van der Waals surface area contributed by atoms with Gasteiger partial charge >= 0.3 is 5.97 Å². The minimum Gasteiger partial charge on any atom is -0.449 e. The zero-order chi connectivity index (χ0) is 17.7. The first kappa shape index (κ1) is 14.8. The molecule has 0 radical (unpaired) electrons. The highest BCUT2D eigenvalue weighted by molar-refractivity contribution is 5.98. The summed E-state index contributed by atoms with van der Waals surface area (Å²) in [6, 6.07) is 23.3. The molecular weight excluding hydrogens is 324 g/mol. The van der Waals surface area contributed by atoms with E-state index in [9.17, 15) is 4.79 Å². The predicted octanol–water partition coefficient (Wildman–Crippen LogP) is 4.68. The molecule has 26 heavy (non-hydrogen) atoms. The number of anilines is 1. The SMILES string of the molecule is Nc1ccccc1-c1[nH]c2ccccc2c1C1OC(=O)c2ccccc21. The summed E-state index contributed by atoms with van der Waals surface area (Å²) >= 11 is 0. The van der Waals surface area contributed by atoms with Crippen molar-refractivity contribution < 1.29 is 9.53 Å². The summed E-state index contributed by atoms with van der Waals surface area (Å²) in [5.41, 5.74) is 12.1. The Morgan fingerprint density at radius 2 is 1.54 bits per heavy atom. The second-order valence-electron chi connectivity index (χ2n) is 6.42. The molecule has 5 rings (SSSR count). The second kappa shape index (κ2) is 5.49. The molecule has 126 valence electrons. The van der Waals surface area contributed by atoms with E-state index in [0.717, 1.165) is 33.3 Å². The number of esters is 1. The monoisotopic (exact) mass is 340 g/mol. The van der Waals surface area contributed by atoms with Crippen molar-refractivity contribution >= 4 is 22.6 Å². The highest BCUT2D eigenvalue weighted by Gasteiger charge is 2.35. The fraction of sp³-hybridized carbons (Fsp3) is 0.0455. The minimum absolute atomic E-state index is 0.289. The van der Waals surface area contributed by atoms with Crippen LogP contribution in [-0.2, 0) is 4.74 Å². The van der Waals surface area contributed by atoms with E-state index in [4.69, 9.17) is 10.5 Å². The van der Waals surface area contributed by atoms with Gasteiger partial charge in [-0.3, -0.25) is 0 Å². The number of hydrogen-bond acceptors (Lipinski definition) is 3. The van der Waals surface area contributed by atoms with Gasteiger partial charge in [0, 0.05) is 33.3 Å². The van der Waals surface area contributed by atoms with Gasteiger partial charge in [-0.2, -0.15) is 0 Å². The topological polar surface area (TPSA) is 68.1 Å². The molecule has 1 atom stereocenters. The van der Waals surface area contributed by atoms with E-state index >= 15 is 0 Å². The molecule has 1 aliphatic heterocycles. The van der Waals surface area contributed by atoms with Gasteiger partial charge < -0.3 is 15.5 Å². The maximum atomic E-state index is 12.4. The van der Waals surface area contributed by atoms with E-state index in [2.05, 4.69) is 4.98 Å². The number of cyclic esters (lactones) is 1. The van der Waals surface area contributed by atoms with Crippen LogP contribution in [0.4, 0.5) is 5.69 Å². The van der Waals surface area contributed by atoms with Crippen LogP contribution in [0.1, 0.15) is 27.6 Å². The number of nitrogen functional groups attached to an aromatic ring is 1. The lowest BCUT2D eigenvalue weighted by molar-refractivity contribution is 0.0459. The fourth-order valence-corrected chi connectivity index (χ4v) is 3.73. The molecule has 1 aromatic heterocycles. The van der Waals surface area contributed by atoms with E-state index in [1.165, 1.54) is 0 Å². The van der Waals surface area contributed by atoms with Crippen LogP contribution in [0.5, 0.6) is 0 Å². The van der Waals surface area contributed by atoms with Crippen molar-refractivity contribution in [3.63, 3.8) is 0 Å². The first-order valence-corrected chi connectivity index (χ1v) is 8.49.